The van der Waals surface area contributed by atoms with Gasteiger partial charge in [0.2, 0.25) is 5.95 Å². The fourth-order valence-corrected chi connectivity index (χ4v) is 5.91. The molecule has 2 atom stereocenters. The van der Waals surface area contributed by atoms with Gasteiger partial charge in [0.15, 0.2) is 0 Å². The van der Waals surface area contributed by atoms with E-state index in [0.29, 0.717) is 63.5 Å². The Hall–Kier alpha value is -4.34. The summed E-state index contributed by atoms with van der Waals surface area (Å²) in [7, 11) is 1.57. The van der Waals surface area contributed by atoms with Gasteiger partial charge in [-0.05, 0) is 61.9 Å². The molecule has 2 amide bonds. The van der Waals surface area contributed by atoms with Crippen LogP contribution in [0.15, 0.2) is 71.5 Å². The van der Waals surface area contributed by atoms with Gasteiger partial charge in [-0.1, -0.05) is 41.4 Å². The van der Waals surface area contributed by atoms with Crippen molar-refractivity contribution in [3.8, 4) is 11.4 Å². The minimum Gasteiger partial charge on any atom is -0.493 e. The van der Waals surface area contributed by atoms with E-state index in [-0.39, 0.29) is 36.0 Å². The lowest BCUT2D eigenvalue weighted by molar-refractivity contribution is 0.0653. The summed E-state index contributed by atoms with van der Waals surface area (Å²) < 4.78 is 7.40. The Kier molecular flexibility index (Phi) is 7.85. The van der Waals surface area contributed by atoms with E-state index in [9.17, 15) is 14.4 Å². The van der Waals surface area contributed by atoms with Crippen molar-refractivity contribution in [2.24, 2.45) is 0 Å². The molecule has 0 fully saturated rings. The number of carbonyl (C=O) groups excluding carboxylic acids is 2. The molecule has 11 heteroatoms. The molecular formula is C32H29Cl2N5O4. The Morgan fingerprint density at radius 1 is 1.00 bits per heavy atom. The molecule has 3 heterocycles. The molecule has 9 nitrogen and oxygen atoms in total. The van der Waals surface area contributed by atoms with Gasteiger partial charge in [0, 0.05) is 41.8 Å². The number of hydrogen-bond donors (Lipinski definition) is 2. The summed E-state index contributed by atoms with van der Waals surface area (Å²) in [6.45, 7) is 2.57. The maximum Gasteiger partial charge on any atom is 0.263 e. The van der Waals surface area contributed by atoms with E-state index < -0.39 is 0 Å². The number of anilines is 1. The second kappa shape index (κ2) is 11.7. The van der Waals surface area contributed by atoms with E-state index in [1.807, 2.05) is 31.2 Å². The Morgan fingerprint density at radius 3 is 2.49 bits per heavy atom. The van der Waals surface area contributed by atoms with Crippen LogP contribution in [-0.4, -0.2) is 46.0 Å². The Labute approximate surface area is 258 Å². The van der Waals surface area contributed by atoms with Crippen molar-refractivity contribution in [2.75, 3.05) is 19.0 Å². The molecule has 0 saturated heterocycles. The number of nitrogens with one attached hydrogen (secondary N) is 2. The van der Waals surface area contributed by atoms with Crippen molar-refractivity contribution >= 4 is 41.0 Å². The fraction of sp³-hybridized carbons (Fsp3) is 0.250. The van der Waals surface area contributed by atoms with Gasteiger partial charge in [-0.15, -0.1) is 0 Å². The zero-order valence-corrected chi connectivity index (χ0v) is 25.1. The number of amides is 2. The maximum atomic E-state index is 14.2. The second-order valence-corrected chi connectivity index (χ2v) is 11.4. The van der Waals surface area contributed by atoms with Gasteiger partial charge in [-0.2, -0.15) is 0 Å². The van der Waals surface area contributed by atoms with Crippen LogP contribution in [0, 0.1) is 0 Å². The number of benzene rings is 3. The number of para-hydroxylation sites is 1. The number of halogens is 2. The molecule has 1 aromatic heterocycles. The zero-order valence-electron chi connectivity index (χ0n) is 23.6. The summed E-state index contributed by atoms with van der Waals surface area (Å²) in [5.74, 6) is 0.676. The van der Waals surface area contributed by atoms with Crippen molar-refractivity contribution in [3.63, 3.8) is 0 Å². The summed E-state index contributed by atoms with van der Waals surface area (Å²) in [5.41, 5.74) is 3.25. The van der Waals surface area contributed by atoms with Crippen LogP contribution in [0.5, 0.6) is 5.75 Å². The SMILES string of the molecule is CNC(=O)c1ccc(-n2c(N[C@H]3CCOc4ccccc43)nc3c(c2=O)C[C@@H](C)N(C(=O)c2ccc(Cl)c(Cl)c2)C3)cc1. The molecular weight excluding hydrogens is 589 g/mol. The standard InChI is InChI=1S/C32H29Cl2N5O4/c1-18-15-23-27(17-38(18)30(41)20-9-12-24(33)25(34)16-20)37-32(36-26-13-14-43-28-6-4-3-5-22(26)28)39(31(23)42)21-10-7-19(8-11-21)29(40)35-2/h3-12,16,18,26H,13-15,17H2,1-2H3,(H,35,40)(H,36,37)/t18-,26+/m1/s1. The Balaban J connectivity index is 1.43. The minimum atomic E-state index is -0.269. The average molecular weight is 619 g/mol. The summed E-state index contributed by atoms with van der Waals surface area (Å²) in [6, 6.07) is 18.9. The number of aromatic nitrogens is 2. The highest BCUT2D eigenvalue weighted by Crippen LogP contribution is 2.35. The van der Waals surface area contributed by atoms with Gasteiger partial charge in [-0.25, -0.2) is 9.55 Å². The molecule has 2 aliphatic heterocycles. The largest absolute Gasteiger partial charge is 0.493 e. The van der Waals surface area contributed by atoms with Crippen LogP contribution in [0.25, 0.3) is 5.69 Å². The first-order valence-electron chi connectivity index (χ1n) is 14.0. The fourth-order valence-electron chi connectivity index (χ4n) is 5.62. The van der Waals surface area contributed by atoms with Crippen molar-refractivity contribution in [1.29, 1.82) is 0 Å². The molecule has 220 valence electrons. The van der Waals surface area contributed by atoms with Gasteiger partial charge in [0.1, 0.15) is 5.75 Å². The lowest BCUT2D eigenvalue weighted by atomic mass is 9.98. The normalized spacial score (nSPS) is 17.3. The third kappa shape index (κ3) is 5.46. The van der Waals surface area contributed by atoms with Crippen LogP contribution in [0.1, 0.15) is 56.9 Å². The number of hydrogen-bond acceptors (Lipinski definition) is 6. The highest BCUT2D eigenvalue weighted by atomic mass is 35.5. The molecule has 0 radical (unpaired) electrons. The van der Waals surface area contributed by atoms with Gasteiger partial charge in [0.05, 0.1) is 40.6 Å². The molecule has 43 heavy (non-hydrogen) atoms. The van der Waals surface area contributed by atoms with E-state index in [1.54, 1.807) is 59.0 Å². The third-order valence-corrected chi connectivity index (χ3v) is 8.66. The summed E-state index contributed by atoms with van der Waals surface area (Å²) in [4.78, 5) is 46.6. The number of rotatable bonds is 5. The highest BCUT2D eigenvalue weighted by molar-refractivity contribution is 6.42. The van der Waals surface area contributed by atoms with E-state index in [1.165, 1.54) is 0 Å². The Morgan fingerprint density at radius 2 is 1.74 bits per heavy atom. The summed E-state index contributed by atoms with van der Waals surface area (Å²) >= 11 is 12.3. The average Bonchev–Trinajstić information content (AvgIpc) is 3.02. The van der Waals surface area contributed by atoms with Crippen LogP contribution < -0.4 is 20.9 Å². The molecule has 3 aromatic carbocycles. The molecule has 4 aromatic rings. The lowest BCUT2D eigenvalue weighted by Crippen LogP contribution is -2.46. The smallest absolute Gasteiger partial charge is 0.263 e. The van der Waals surface area contributed by atoms with Gasteiger partial charge in [-0.3, -0.25) is 14.4 Å². The minimum absolute atomic E-state index is 0.153. The molecule has 0 unspecified atom stereocenters. The number of nitrogens with zero attached hydrogens (tertiary/aromatic N) is 3. The molecule has 2 aliphatic rings. The first-order valence-corrected chi connectivity index (χ1v) is 14.7. The maximum absolute atomic E-state index is 14.2. The first-order chi connectivity index (χ1) is 20.7. The molecule has 0 aliphatic carbocycles. The summed E-state index contributed by atoms with van der Waals surface area (Å²) in [5, 5.41) is 6.78. The lowest BCUT2D eigenvalue weighted by Gasteiger charge is -2.35. The molecule has 0 bridgehead atoms. The molecule has 0 saturated carbocycles. The van der Waals surface area contributed by atoms with E-state index in [0.717, 1.165) is 11.3 Å². The summed E-state index contributed by atoms with van der Waals surface area (Å²) in [6.07, 6.45) is 0.990. The second-order valence-electron chi connectivity index (χ2n) is 10.6. The van der Waals surface area contributed by atoms with Gasteiger partial charge < -0.3 is 20.3 Å². The van der Waals surface area contributed by atoms with Crippen LogP contribution >= 0.6 is 23.2 Å². The van der Waals surface area contributed by atoms with Crippen LogP contribution in [0.4, 0.5) is 5.95 Å². The van der Waals surface area contributed by atoms with Crippen molar-refractivity contribution in [1.82, 2.24) is 19.8 Å². The first kappa shape index (κ1) is 28.8. The molecule has 0 spiro atoms. The van der Waals surface area contributed by atoms with Crippen molar-refractivity contribution in [2.45, 2.75) is 38.4 Å². The van der Waals surface area contributed by atoms with E-state index in [2.05, 4.69) is 10.6 Å². The van der Waals surface area contributed by atoms with Gasteiger partial charge >= 0.3 is 0 Å². The molecule has 2 N–H and O–H groups in total. The molecule has 6 rings (SSSR count). The van der Waals surface area contributed by atoms with E-state index >= 15 is 0 Å². The van der Waals surface area contributed by atoms with Crippen molar-refractivity contribution < 1.29 is 14.3 Å². The predicted molar refractivity (Wildman–Crippen MR) is 166 cm³/mol. The van der Waals surface area contributed by atoms with Crippen molar-refractivity contribution in [3.05, 3.63) is 115 Å². The predicted octanol–water partition coefficient (Wildman–Crippen LogP) is 5.42. The number of ether oxygens (including phenoxy) is 1. The van der Waals surface area contributed by atoms with Crippen LogP contribution in [0.2, 0.25) is 10.0 Å². The van der Waals surface area contributed by atoms with Gasteiger partial charge in [0.25, 0.3) is 17.4 Å². The topological polar surface area (TPSA) is 106 Å². The number of fused-ring (bicyclic) bond motifs is 2. The third-order valence-electron chi connectivity index (χ3n) is 7.92. The quantitative estimate of drug-likeness (QED) is 0.310. The Bertz CT molecular complexity index is 1790. The number of carbonyl (C=O) groups is 2. The van der Waals surface area contributed by atoms with Crippen LogP contribution in [0.3, 0.4) is 0 Å². The highest BCUT2D eigenvalue weighted by Gasteiger charge is 2.33. The monoisotopic (exact) mass is 617 g/mol. The zero-order chi connectivity index (χ0) is 30.2. The van der Waals surface area contributed by atoms with E-state index in [4.69, 9.17) is 32.9 Å². The van der Waals surface area contributed by atoms with Crippen LogP contribution in [-0.2, 0) is 13.0 Å².